The summed E-state index contributed by atoms with van der Waals surface area (Å²) in [4.78, 5) is 12.0. The maximum atomic E-state index is 12.8. The van der Waals surface area contributed by atoms with Crippen LogP contribution in [0.25, 0.3) is 0 Å². The summed E-state index contributed by atoms with van der Waals surface area (Å²) in [7, 11) is 0. The molecule has 0 aromatic heterocycles. The highest BCUT2D eigenvalue weighted by molar-refractivity contribution is 5.85. The van der Waals surface area contributed by atoms with Crippen molar-refractivity contribution in [3.63, 3.8) is 0 Å². The Morgan fingerprint density at radius 1 is 1.39 bits per heavy atom. The van der Waals surface area contributed by atoms with Gasteiger partial charge in [0.25, 0.3) is 5.91 Å². The Kier molecular flexibility index (Phi) is 3.52. The minimum atomic E-state index is -1.01. The molecule has 1 heterocycles. The normalized spacial score (nSPS) is 15.9. The van der Waals surface area contributed by atoms with Crippen molar-refractivity contribution in [3.8, 4) is 5.75 Å². The fourth-order valence-electron chi connectivity index (χ4n) is 1.52. The lowest BCUT2D eigenvalue weighted by Gasteiger charge is -2.32. The summed E-state index contributed by atoms with van der Waals surface area (Å²) in [6.45, 7) is 4.42. The lowest BCUT2D eigenvalue weighted by atomic mass is 10.1. The Bertz CT molecular complexity index is 426. The Labute approximate surface area is 105 Å². The van der Waals surface area contributed by atoms with Crippen molar-refractivity contribution in [2.24, 2.45) is 0 Å². The molecule has 1 aromatic rings. The molecule has 5 heteroatoms. The highest BCUT2D eigenvalue weighted by Crippen LogP contribution is 2.19. The Morgan fingerprint density at radius 2 is 2.00 bits per heavy atom. The molecule has 2 rings (SSSR count). The summed E-state index contributed by atoms with van der Waals surface area (Å²) in [6, 6.07) is 5.65. The molecule has 1 aromatic carbocycles. The minimum Gasteiger partial charge on any atom is -0.478 e. The van der Waals surface area contributed by atoms with Gasteiger partial charge in [-0.2, -0.15) is 0 Å². The van der Waals surface area contributed by atoms with Crippen LogP contribution < -0.4 is 10.1 Å². The van der Waals surface area contributed by atoms with Gasteiger partial charge in [0.15, 0.2) is 5.60 Å². The first-order chi connectivity index (χ1) is 8.47. The van der Waals surface area contributed by atoms with Crippen LogP contribution in [0.4, 0.5) is 4.39 Å². The van der Waals surface area contributed by atoms with E-state index >= 15 is 0 Å². The lowest BCUT2D eigenvalue weighted by Crippen LogP contribution is -2.56. The predicted molar refractivity (Wildman–Crippen MR) is 63.9 cm³/mol. The molecule has 1 aliphatic rings. The molecule has 1 aliphatic heterocycles. The van der Waals surface area contributed by atoms with Crippen LogP contribution in [0.2, 0.25) is 0 Å². The quantitative estimate of drug-likeness (QED) is 0.884. The van der Waals surface area contributed by atoms with E-state index in [1.54, 1.807) is 13.8 Å². The molecule has 0 unspecified atom stereocenters. The second-order valence-corrected chi connectivity index (χ2v) is 4.77. The van der Waals surface area contributed by atoms with E-state index in [0.717, 1.165) is 0 Å². The summed E-state index contributed by atoms with van der Waals surface area (Å²) < 4.78 is 23.3. The molecule has 18 heavy (non-hydrogen) atoms. The number of hydrogen-bond donors (Lipinski definition) is 1. The van der Waals surface area contributed by atoms with Crippen LogP contribution in [0.15, 0.2) is 24.3 Å². The van der Waals surface area contributed by atoms with E-state index in [1.165, 1.54) is 24.3 Å². The van der Waals surface area contributed by atoms with Crippen LogP contribution in [0.5, 0.6) is 5.75 Å². The molecule has 1 N–H and O–H groups in total. The Balaban J connectivity index is 1.96. The first-order valence-electron chi connectivity index (χ1n) is 5.81. The number of carbonyl (C=O) groups is 1. The summed E-state index contributed by atoms with van der Waals surface area (Å²) >= 11 is 0. The average Bonchev–Trinajstić information content (AvgIpc) is 2.26. The minimum absolute atomic E-state index is 0.0635. The van der Waals surface area contributed by atoms with Crippen LogP contribution in [0.3, 0.4) is 0 Å². The average molecular weight is 253 g/mol. The summed E-state index contributed by atoms with van der Waals surface area (Å²) in [5, 5.41) is 2.83. The lowest BCUT2D eigenvalue weighted by molar-refractivity contribution is -0.138. The van der Waals surface area contributed by atoms with Gasteiger partial charge in [-0.3, -0.25) is 4.79 Å². The van der Waals surface area contributed by atoms with Gasteiger partial charge in [0.05, 0.1) is 19.3 Å². The van der Waals surface area contributed by atoms with E-state index in [1.807, 2.05) is 0 Å². The van der Waals surface area contributed by atoms with Crippen molar-refractivity contribution in [2.75, 3.05) is 13.2 Å². The van der Waals surface area contributed by atoms with E-state index in [0.29, 0.717) is 19.0 Å². The molecule has 0 spiro atoms. The molecular formula is C13H16FNO3. The number of carbonyl (C=O) groups excluding carboxylic acids is 1. The third-order valence-corrected chi connectivity index (χ3v) is 2.71. The molecule has 98 valence electrons. The number of hydrogen-bond acceptors (Lipinski definition) is 3. The van der Waals surface area contributed by atoms with Gasteiger partial charge in [-0.05, 0) is 38.1 Å². The van der Waals surface area contributed by atoms with E-state index in [2.05, 4.69) is 5.32 Å². The highest BCUT2D eigenvalue weighted by Gasteiger charge is 2.33. The first-order valence-corrected chi connectivity index (χ1v) is 5.81. The summed E-state index contributed by atoms with van der Waals surface area (Å²) in [5.41, 5.74) is -1.01. The van der Waals surface area contributed by atoms with E-state index in [-0.39, 0.29) is 17.8 Å². The van der Waals surface area contributed by atoms with Crippen LogP contribution >= 0.6 is 0 Å². The van der Waals surface area contributed by atoms with Crippen LogP contribution in [0.1, 0.15) is 13.8 Å². The Morgan fingerprint density at radius 3 is 2.50 bits per heavy atom. The zero-order valence-electron chi connectivity index (χ0n) is 10.4. The summed E-state index contributed by atoms with van der Waals surface area (Å²) in [5.74, 6) is -0.0854. The van der Waals surface area contributed by atoms with Gasteiger partial charge < -0.3 is 14.8 Å². The molecular weight excluding hydrogens is 237 g/mol. The number of amides is 1. The molecule has 0 bridgehead atoms. The van der Waals surface area contributed by atoms with E-state index in [9.17, 15) is 9.18 Å². The topological polar surface area (TPSA) is 47.6 Å². The van der Waals surface area contributed by atoms with Gasteiger partial charge in [-0.25, -0.2) is 4.39 Å². The van der Waals surface area contributed by atoms with E-state index in [4.69, 9.17) is 9.47 Å². The van der Waals surface area contributed by atoms with Gasteiger partial charge >= 0.3 is 0 Å². The molecule has 4 nitrogen and oxygen atoms in total. The zero-order chi connectivity index (χ0) is 13.2. The predicted octanol–water partition coefficient (Wildman–Crippen LogP) is 1.50. The maximum absolute atomic E-state index is 12.8. The number of benzene rings is 1. The second kappa shape index (κ2) is 4.94. The van der Waals surface area contributed by atoms with Crippen molar-refractivity contribution < 1.29 is 18.7 Å². The van der Waals surface area contributed by atoms with Gasteiger partial charge in [0, 0.05) is 0 Å². The smallest absolute Gasteiger partial charge is 0.263 e. The second-order valence-electron chi connectivity index (χ2n) is 4.77. The summed E-state index contributed by atoms with van der Waals surface area (Å²) in [6.07, 6.45) is 0. The molecule has 0 saturated carbocycles. The highest BCUT2D eigenvalue weighted by atomic mass is 19.1. The van der Waals surface area contributed by atoms with Crippen molar-refractivity contribution >= 4 is 5.91 Å². The van der Waals surface area contributed by atoms with E-state index < -0.39 is 5.60 Å². The molecule has 0 radical (unpaired) electrons. The largest absolute Gasteiger partial charge is 0.478 e. The molecule has 0 atom stereocenters. The number of nitrogens with one attached hydrogen (secondary N) is 1. The third-order valence-electron chi connectivity index (χ3n) is 2.71. The molecule has 1 fully saturated rings. The van der Waals surface area contributed by atoms with Crippen molar-refractivity contribution in [3.05, 3.63) is 30.1 Å². The van der Waals surface area contributed by atoms with Crippen LogP contribution in [-0.2, 0) is 9.53 Å². The van der Waals surface area contributed by atoms with Gasteiger partial charge in [0.1, 0.15) is 11.6 Å². The maximum Gasteiger partial charge on any atom is 0.263 e. The number of halogens is 1. The number of rotatable bonds is 4. The van der Waals surface area contributed by atoms with Gasteiger partial charge in [0.2, 0.25) is 0 Å². The van der Waals surface area contributed by atoms with Gasteiger partial charge in [-0.15, -0.1) is 0 Å². The standard InChI is InChI=1S/C13H16FNO3/c1-13(2,12(16)15-10-7-17-8-10)18-11-5-3-9(14)4-6-11/h3-6,10H,7-8H2,1-2H3,(H,15,16). The van der Waals surface area contributed by atoms with Crippen molar-refractivity contribution in [2.45, 2.75) is 25.5 Å². The van der Waals surface area contributed by atoms with Crippen LogP contribution in [-0.4, -0.2) is 30.8 Å². The van der Waals surface area contributed by atoms with Gasteiger partial charge in [-0.1, -0.05) is 0 Å². The monoisotopic (exact) mass is 253 g/mol. The fraction of sp³-hybridized carbons (Fsp3) is 0.462. The molecule has 1 amide bonds. The Hall–Kier alpha value is -1.62. The van der Waals surface area contributed by atoms with Crippen molar-refractivity contribution in [1.82, 2.24) is 5.32 Å². The first kappa shape index (κ1) is 12.8. The van der Waals surface area contributed by atoms with Crippen molar-refractivity contribution in [1.29, 1.82) is 0 Å². The molecule has 1 saturated heterocycles. The van der Waals surface area contributed by atoms with Crippen LogP contribution in [0, 0.1) is 5.82 Å². The SMILES string of the molecule is CC(C)(Oc1ccc(F)cc1)C(=O)NC1COC1. The zero-order valence-corrected chi connectivity index (χ0v) is 10.4. The number of ether oxygens (including phenoxy) is 2. The molecule has 0 aliphatic carbocycles. The third kappa shape index (κ3) is 2.98. The fourth-order valence-corrected chi connectivity index (χ4v) is 1.52.